The standard InChI is InChI=1S/C26H29NO2S/c1-20-9-15-24(16-10-20)30-26(22-7-5-4-6-8-22)19-25(28)21-11-13-23(14-12-21)29-18-17-27(2)3/h4-16,26H,17-19H2,1-3H3. The van der Waals surface area contributed by atoms with Crippen molar-refractivity contribution in [1.82, 2.24) is 4.90 Å². The molecule has 3 rings (SSSR count). The fourth-order valence-electron chi connectivity index (χ4n) is 3.05. The van der Waals surface area contributed by atoms with Gasteiger partial charge in [-0.2, -0.15) is 0 Å². The van der Waals surface area contributed by atoms with Crippen LogP contribution in [0.25, 0.3) is 0 Å². The van der Waals surface area contributed by atoms with E-state index in [1.54, 1.807) is 11.8 Å². The van der Waals surface area contributed by atoms with Crippen LogP contribution in [0, 0.1) is 6.92 Å². The molecule has 0 aliphatic heterocycles. The average molecular weight is 420 g/mol. The number of thioether (sulfide) groups is 1. The van der Waals surface area contributed by atoms with Crippen molar-refractivity contribution in [3.8, 4) is 5.75 Å². The number of hydrogen-bond acceptors (Lipinski definition) is 4. The Hall–Kier alpha value is -2.56. The Kier molecular flexibility index (Phi) is 8.12. The molecule has 0 spiro atoms. The fraction of sp³-hybridized carbons (Fsp3) is 0.269. The van der Waals surface area contributed by atoms with Gasteiger partial charge in [-0.3, -0.25) is 4.79 Å². The van der Waals surface area contributed by atoms with E-state index in [9.17, 15) is 4.79 Å². The van der Waals surface area contributed by atoms with Crippen LogP contribution in [-0.2, 0) is 0 Å². The number of rotatable bonds is 10. The molecule has 3 aromatic carbocycles. The van der Waals surface area contributed by atoms with Crippen molar-refractivity contribution in [3.63, 3.8) is 0 Å². The molecule has 0 amide bonds. The lowest BCUT2D eigenvalue weighted by atomic mass is 10.0. The van der Waals surface area contributed by atoms with Gasteiger partial charge in [0.2, 0.25) is 0 Å². The van der Waals surface area contributed by atoms with E-state index in [0.717, 1.165) is 17.9 Å². The van der Waals surface area contributed by atoms with Gasteiger partial charge in [-0.05, 0) is 63.0 Å². The Balaban J connectivity index is 1.69. The van der Waals surface area contributed by atoms with Gasteiger partial charge in [0.25, 0.3) is 0 Å². The van der Waals surface area contributed by atoms with Crippen molar-refractivity contribution in [1.29, 1.82) is 0 Å². The first-order valence-corrected chi connectivity index (χ1v) is 11.1. The molecule has 30 heavy (non-hydrogen) atoms. The van der Waals surface area contributed by atoms with Crippen molar-refractivity contribution >= 4 is 17.5 Å². The Bertz CT molecular complexity index is 922. The van der Waals surface area contributed by atoms with E-state index in [1.807, 2.05) is 56.6 Å². The molecule has 3 nitrogen and oxygen atoms in total. The molecule has 0 aliphatic carbocycles. The topological polar surface area (TPSA) is 29.5 Å². The van der Waals surface area contributed by atoms with Crippen LogP contribution >= 0.6 is 11.8 Å². The van der Waals surface area contributed by atoms with Gasteiger partial charge < -0.3 is 9.64 Å². The molecule has 156 valence electrons. The summed E-state index contributed by atoms with van der Waals surface area (Å²) in [6.45, 7) is 3.57. The lowest BCUT2D eigenvalue weighted by Gasteiger charge is -2.17. The molecule has 0 aliphatic rings. The molecule has 3 aromatic rings. The Labute approximate surface area is 184 Å². The molecule has 0 N–H and O–H groups in total. The maximum Gasteiger partial charge on any atom is 0.164 e. The van der Waals surface area contributed by atoms with Gasteiger partial charge in [-0.25, -0.2) is 0 Å². The number of hydrogen-bond donors (Lipinski definition) is 0. The highest BCUT2D eigenvalue weighted by atomic mass is 32.2. The second kappa shape index (κ2) is 11.0. The third kappa shape index (κ3) is 6.75. The van der Waals surface area contributed by atoms with Crippen LogP contribution in [0.4, 0.5) is 0 Å². The number of ether oxygens (including phenoxy) is 1. The molecule has 0 saturated heterocycles. The number of carbonyl (C=O) groups is 1. The highest BCUT2D eigenvalue weighted by molar-refractivity contribution is 7.99. The average Bonchev–Trinajstić information content (AvgIpc) is 2.75. The smallest absolute Gasteiger partial charge is 0.164 e. The molecular formula is C26H29NO2S. The summed E-state index contributed by atoms with van der Waals surface area (Å²) in [7, 11) is 4.03. The highest BCUT2D eigenvalue weighted by Gasteiger charge is 2.19. The Morgan fingerprint density at radius 2 is 1.60 bits per heavy atom. The van der Waals surface area contributed by atoms with Gasteiger partial charge in [0.05, 0.1) is 0 Å². The van der Waals surface area contributed by atoms with E-state index >= 15 is 0 Å². The third-order valence-corrected chi connectivity index (χ3v) is 6.09. The summed E-state index contributed by atoms with van der Waals surface area (Å²) in [4.78, 5) is 16.3. The summed E-state index contributed by atoms with van der Waals surface area (Å²) in [5.41, 5.74) is 3.13. The summed E-state index contributed by atoms with van der Waals surface area (Å²) in [5.74, 6) is 0.936. The number of ketones is 1. The molecule has 0 saturated carbocycles. The quantitative estimate of drug-likeness (QED) is 0.296. The van der Waals surface area contributed by atoms with Gasteiger partial charge in [0.15, 0.2) is 5.78 Å². The Morgan fingerprint density at radius 3 is 2.23 bits per heavy atom. The molecule has 1 unspecified atom stereocenters. The normalized spacial score (nSPS) is 12.0. The number of benzene rings is 3. The molecule has 0 aromatic heterocycles. The van der Waals surface area contributed by atoms with Crippen LogP contribution in [0.5, 0.6) is 5.75 Å². The summed E-state index contributed by atoms with van der Waals surface area (Å²) < 4.78 is 5.73. The minimum atomic E-state index is 0.0671. The van der Waals surface area contributed by atoms with Crippen molar-refractivity contribution in [2.24, 2.45) is 0 Å². The summed E-state index contributed by atoms with van der Waals surface area (Å²) in [5, 5.41) is 0.0671. The van der Waals surface area contributed by atoms with Crippen LogP contribution < -0.4 is 4.74 Å². The molecule has 0 radical (unpaired) electrons. The van der Waals surface area contributed by atoms with Crippen molar-refractivity contribution < 1.29 is 9.53 Å². The van der Waals surface area contributed by atoms with Gasteiger partial charge in [0.1, 0.15) is 12.4 Å². The number of Topliss-reactive ketones (excluding diaryl/α,β-unsaturated/α-hetero) is 1. The van der Waals surface area contributed by atoms with E-state index in [-0.39, 0.29) is 11.0 Å². The van der Waals surface area contributed by atoms with Gasteiger partial charge in [-0.15, -0.1) is 11.8 Å². The first kappa shape index (κ1) is 22.1. The van der Waals surface area contributed by atoms with E-state index in [4.69, 9.17) is 4.74 Å². The molecule has 0 fully saturated rings. The fourth-order valence-corrected chi connectivity index (χ4v) is 4.20. The zero-order chi connectivity index (χ0) is 21.3. The monoisotopic (exact) mass is 419 g/mol. The number of aryl methyl sites for hydroxylation is 1. The minimum absolute atomic E-state index is 0.0671. The number of carbonyl (C=O) groups excluding carboxylic acids is 1. The highest BCUT2D eigenvalue weighted by Crippen LogP contribution is 2.38. The first-order chi connectivity index (χ1) is 14.5. The van der Waals surface area contributed by atoms with Gasteiger partial charge >= 0.3 is 0 Å². The van der Waals surface area contributed by atoms with Gasteiger partial charge in [-0.1, -0.05) is 48.0 Å². The van der Waals surface area contributed by atoms with E-state index < -0.39 is 0 Å². The molecule has 4 heteroatoms. The van der Waals surface area contributed by atoms with Crippen molar-refractivity contribution in [2.75, 3.05) is 27.2 Å². The lowest BCUT2D eigenvalue weighted by molar-refractivity contribution is 0.0982. The molecule has 1 atom stereocenters. The van der Waals surface area contributed by atoms with E-state index in [0.29, 0.717) is 13.0 Å². The van der Waals surface area contributed by atoms with E-state index in [1.165, 1.54) is 16.0 Å². The predicted octanol–water partition coefficient (Wildman–Crippen LogP) is 6.04. The number of likely N-dealkylation sites (N-methyl/N-ethyl adjacent to an activating group) is 1. The van der Waals surface area contributed by atoms with Gasteiger partial charge in [0, 0.05) is 28.7 Å². The molecule has 0 heterocycles. The van der Waals surface area contributed by atoms with Crippen LogP contribution in [0.2, 0.25) is 0 Å². The first-order valence-electron chi connectivity index (χ1n) is 10.2. The van der Waals surface area contributed by atoms with E-state index in [2.05, 4.69) is 48.2 Å². The maximum absolute atomic E-state index is 13.0. The zero-order valence-electron chi connectivity index (χ0n) is 17.9. The van der Waals surface area contributed by atoms with Crippen LogP contribution in [0.3, 0.4) is 0 Å². The zero-order valence-corrected chi connectivity index (χ0v) is 18.7. The third-order valence-electron chi connectivity index (χ3n) is 4.82. The van der Waals surface area contributed by atoms with Crippen LogP contribution in [-0.4, -0.2) is 37.9 Å². The predicted molar refractivity (Wildman–Crippen MR) is 126 cm³/mol. The second-order valence-electron chi connectivity index (χ2n) is 7.63. The second-order valence-corrected chi connectivity index (χ2v) is 8.91. The molecule has 0 bridgehead atoms. The lowest BCUT2D eigenvalue weighted by Crippen LogP contribution is -2.19. The van der Waals surface area contributed by atoms with Crippen molar-refractivity contribution in [2.45, 2.75) is 23.5 Å². The summed E-state index contributed by atoms with van der Waals surface area (Å²) in [6.07, 6.45) is 0.448. The van der Waals surface area contributed by atoms with Crippen LogP contribution in [0.15, 0.2) is 83.8 Å². The summed E-state index contributed by atoms with van der Waals surface area (Å²) >= 11 is 1.74. The maximum atomic E-state index is 13.0. The minimum Gasteiger partial charge on any atom is -0.492 e. The number of nitrogens with zero attached hydrogens (tertiary/aromatic N) is 1. The SMILES string of the molecule is Cc1ccc(SC(CC(=O)c2ccc(OCCN(C)C)cc2)c2ccccc2)cc1. The summed E-state index contributed by atoms with van der Waals surface area (Å²) in [6, 6.07) is 26.2. The largest absolute Gasteiger partial charge is 0.492 e. The Morgan fingerprint density at radius 1 is 0.933 bits per heavy atom. The molecular weight excluding hydrogens is 390 g/mol. The van der Waals surface area contributed by atoms with Crippen LogP contribution in [0.1, 0.15) is 33.2 Å². The van der Waals surface area contributed by atoms with Crippen molar-refractivity contribution in [3.05, 3.63) is 95.6 Å².